The van der Waals surface area contributed by atoms with Crippen LogP contribution in [0.15, 0.2) is 30.6 Å². The van der Waals surface area contributed by atoms with Crippen LogP contribution in [0, 0.1) is 11.3 Å². The lowest BCUT2D eigenvalue weighted by atomic mass is 10.3. The second-order valence-corrected chi connectivity index (χ2v) is 3.37. The Morgan fingerprint density at radius 1 is 1.33 bits per heavy atom. The van der Waals surface area contributed by atoms with Gasteiger partial charge in [0.25, 0.3) is 0 Å². The van der Waals surface area contributed by atoms with Crippen LogP contribution in [0.5, 0.6) is 0 Å². The van der Waals surface area contributed by atoms with E-state index < -0.39 is 0 Å². The number of aromatic nitrogens is 2. The highest BCUT2D eigenvalue weighted by molar-refractivity contribution is 6.30. The molecule has 0 unspecified atom stereocenters. The first-order valence-electron chi connectivity index (χ1n) is 4.21. The predicted octanol–water partition coefficient (Wildman–Crippen LogP) is 1.98. The quantitative estimate of drug-likeness (QED) is 0.796. The molecule has 2 rings (SSSR count). The van der Waals surface area contributed by atoms with E-state index in [1.54, 1.807) is 16.7 Å². The van der Waals surface area contributed by atoms with Gasteiger partial charge in [-0.2, -0.15) is 5.26 Å². The van der Waals surface area contributed by atoms with Crippen LogP contribution < -0.4 is 5.73 Å². The summed E-state index contributed by atoms with van der Waals surface area (Å²) in [6, 6.07) is 9.03. The number of nitrogens with two attached hydrogens (primary N) is 1. The lowest BCUT2D eigenvalue weighted by Gasteiger charge is -2.03. The average Bonchev–Trinajstić information content (AvgIpc) is 2.61. The summed E-state index contributed by atoms with van der Waals surface area (Å²) in [6.07, 6.45) is 1.51. The standard InChI is InChI=1S/C10H7ClN4/c11-7-1-3-8(4-2-7)15-6-14-9(5-12)10(15)13/h1-4,6H,13H2. The highest BCUT2D eigenvalue weighted by Crippen LogP contribution is 2.18. The van der Waals surface area contributed by atoms with Gasteiger partial charge < -0.3 is 5.73 Å². The highest BCUT2D eigenvalue weighted by Gasteiger charge is 2.07. The van der Waals surface area contributed by atoms with Crippen molar-refractivity contribution in [2.75, 3.05) is 5.73 Å². The third-order valence-electron chi connectivity index (χ3n) is 2.02. The van der Waals surface area contributed by atoms with Gasteiger partial charge in [0.2, 0.25) is 0 Å². The molecule has 2 N–H and O–H groups in total. The number of halogens is 1. The third-order valence-corrected chi connectivity index (χ3v) is 2.27. The van der Waals surface area contributed by atoms with Crippen LogP contribution in [-0.4, -0.2) is 9.55 Å². The zero-order valence-electron chi connectivity index (χ0n) is 7.68. The van der Waals surface area contributed by atoms with Crippen molar-refractivity contribution in [3.63, 3.8) is 0 Å². The fourth-order valence-electron chi connectivity index (χ4n) is 1.25. The van der Waals surface area contributed by atoms with Gasteiger partial charge in [0.05, 0.1) is 0 Å². The van der Waals surface area contributed by atoms with Crippen molar-refractivity contribution >= 4 is 17.4 Å². The first-order chi connectivity index (χ1) is 7.22. The molecule has 0 aliphatic carbocycles. The molecular weight excluding hydrogens is 212 g/mol. The molecule has 1 aromatic carbocycles. The number of nitriles is 1. The summed E-state index contributed by atoms with van der Waals surface area (Å²) in [5, 5.41) is 9.35. The van der Waals surface area contributed by atoms with E-state index in [-0.39, 0.29) is 5.69 Å². The Kier molecular flexibility index (Phi) is 2.32. The van der Waals surface area contributed by atoms with E-state index in [0.717, 1.165) is 5.69 Å². The average molecular weight is 219 g/mol. The molecular formula is C10H7ClN4. The van der Waals surface area contributed by atoms with Crippen molar-refractivity contribution in [1.82, 2.24) is 9.55 Å². The predicted molar refractivity (Wildman–Crippen MR) is 57.7 cm³/mol. The molecule has 74 valence electrons. The lowest BCUT2D eigenvalue weighted by Crippen LogP contribution is -1.99. The molecule has 0 aliphatic heterocycles. The Bertz CT molecular complexity index is 521. The molecule has 0 saturated carbocycles. The molecule has 1 heterocycles. The van der Waals surface area contributed by atoms with Crippen molar-refractivity contribution in [3.05, 3.63) is 41.3 Å². The Morgan fingerprint density at radius 2 is 2.00 bits per heavy atom. The summed E-state index contributed by atoms with van der Waals surface area (Å²) in [4.78, 5) is 3.88. The second-order valence-electron chi connectivity index (χ2n) is 2.94. The Hall–Kier alpha value is -1.99. The van der Waals surface area contributed by atoms with Crippen molar-refractivity contribution in [1.29, 1.82) is 5.26 Å². The van der Waals surface area contributed by atoms with Crippen LogP contribution in [-0.2, 0) is 0 Å². The molecule has 0 spiro atoms. The molecule has 0 radical (unpaired) electrons. The highest BCUT2D eigenvalue weighted by atomic mass is 35.5. The first kappa shape index (κ1) is 9.56. The van der Waals surface area contributed by atoms with E-state index in [0.29, 0.717) is 10.8 Å². The summed E-state index contributed by atoms with van der Waals surface area (Å²) in [5.74, 6) is 0.333. The third kappa shape index (κ3) is 1.65. The van der Waals surface area contributed by atoms with Crippen molar-refractivity contribution in [3.8, 4) is 11.8 Å². The largest absolute Gasteiger partial charge is 0.382 e. The minimum absolute atomic E-state index is 0.227. The number of benzene rings is 1. The molecule has 0 amide bonds. The van der Waals surface area contributed by atoms with Crippen LogP contribution in [0.25, 0.3) is 5.69 Å². The minimum atomic E-state index is 0.227. The number of imidazole rings is 1. The molecule has 1 aromatic heterocycles. The van der Waals surface area contributed by atoms with E-state index in [4.69, 9.17) is 22.6 Å². The van der Waals surface area contributed by atoms with Gasteiger partial charge in [0, 0.05) is 10.7 Å². The van der Waals surface area contributed by atoms with Gasteiger partial charge in [-0.3, -0.25) is 4.57 Å². The van der Waals surface area contributed by atoms with E-state index in [1.165, 1.54) is 6.33 Å². The summed E-state index contributed by atoms with van der Waals surface area (Å²) in [5.41, 5.74) is 6.78. The zero-order chi connectivity index (χ0) is 10.8. The van der Waals surface area contributed by atoms with Crippen LogP contribution in [0.2, 0.25) is 5.02 Å². The molecule has 0 bridgehead atoms. The van der Waals surface area contributed by atoms with E-state index in [2.05, 4.69) is 4.98 Å². The van der Waals surface area contributed by atoms with Gasteiger partial charge in [-0.05, 0) is 24.3 Å². The maximum atomic E-state index is 8.70. The van der Waals surface area contributed by atoms with Gasteiger partial charge in [-0.1, -0.05) is 11.6 Å². The van der Waals surface area contributed by atoms with Crippen molar-refractivity contribution in [2.24, 2.45) is 0 Å². The smallest absolute Gasteiger partial charge is 0.182 e. The van der Waals surface area contributed by atoms with E-state index in [9.17, 15) is 0 Å². The molecule has 0 atom stereocenters. The fraction of sp³-hybridized carbons (Fsp3) is 0. The monoisotopic (exact) mass is 218 g/mol. The number of nitrogen functional groups attached to an aromatic ring is 1. The van der Waals surface area contributed by atoms with Crippen LogP contribution in [0.3, 0.4) is 0 Å². The van der Waals surface area contributed by atoms with E-state index in [1.807, 2.05) is 18.2 Å². The van der Waals surface area contributed by atoms with Crippen LogP contribution >= 0.6 is 11.6 Å². The zero-order valence-corrected chi connectivity index (χ0v) is 8.44. The molecule has 0 fully saturated rings. The van der Waals surface area contributed by atoms with E-state index >= 15 is 0 Å². The normalized spacial score (nSPS) is 9.87. The SMILES string of the molecule is N#Cc1ncn(-c2ccc(Cl)cc2)c1N. The molecule has 5 heteroatoms. The number of hydrogen-bond donors (Lipinski definition) is 1. The van der Waals surface area contributed by atoms with Crippen molar-refractivity contribution in [2.45, 2.75) is 0 Å². The van der Waals surface area contributed by atoms with Gasteiger partial charge in [-0.25, -0.2) is 4.98 Å². The number of nitrogens with zero attached hydrogens (tertiary/aromatic N) is 3. The molecule has 15 heavy (non-hydrogen) atoms. The number of rotatable bonds is 1. The number of hydrogen-bond acceptors (Lipinski definition) is 3. The Labute approximate surface area is 91.5 Å². The van der Waals surface area contributed by atoms with Gasteiger partial charge in [-0.15, -0.1) is 0 Å². The fourth-order valence-corrected chi connectivity index (χ4v) is 1.38. The maximum absolute atomic E-state index is 8.70. The minimum Gasteiger partial charge on any atom is -0.382 e. The molecule has 0 saturated heterocycles. The van der Waals surface area contributed by atoms with Crippen LogP contribution in [0.4, 0.5) is 5.82 Å². The topological polar surface area (TPSA) is 67.6 Å². The summed E-state index contributed by atoms with van der Waals surface area (Å²) >= 11 is 5.76. The van der Waals surface area contributed by atoms with Gasteiger partial charge in [0.1, 0.15) is 18.2 Å². The number of anilines is 1. The Morgan fingerprint density at radius 3 is 2.53 bits per heavy atom. The summed E-state index contributed by atoms with van der Waals surface area (Å²) in [7, 11) is 0. The second kappa shape index (κ2) is 3.64. The van der Waals surface area contributed by atoms with Crippen molar-refractivity contribution < 1.29 is 0 Å². The van der Waals surface area contributed by atoms with Gasteiger partial charge in [0.15, 0.2) is 5.69 Å². The molecule has 4 nitrogen and oxygen atoms in total. The maximum Gasteiger partial charge on any atom is 0.182 e. The Balaban J connectivity index is 2.51. The van der Waals surface area contributed by atoms with Gasteiger partial charge >= 0.3 is 0 Å². The molecule has 0 aliphatic rings. The summed E-state index contributed by atoms with van der Waals surface area (Å²) in [6.45, 7) is 0. The lowest BCUT2D eigenvalue weighted by molar-refractivity contribution is 1.07. The van der Waals surface area contributed by atoms with Crippen LogP contribution in [0.1, 0.15) is 5.69 Å². The molecule has 2 aromatic rings. The summed E-state index contributed by atoms with van der Waals surface area (Å²) < 4.78 is 1.63. The first-order valence-corrected chi connectivity index (χ1v) is 4.59.